The van der Waals surface area contributed by atoms with Crippen LogP contribution in [0.25, 0.3) is 11.5 Å². The zero-order valence-electron chi connectivity index (χ0n) is 18.8. The van der Waals surface area contributed by atoms with Crippen molar-refractivity contribution in [2.24, 2.45) is 12.0 Å². The van der Waals surface area contributed by atoms with Crippen LogP contribution in [0.4, 0.5) is 0 Å². The molecule has 2 aromatic heterocycles. The highest BCUT2D eigenvalue weighted by Crippen LogP contribution is 2.20. The minimum absolute atomic E-state index is 0.379. The molecule has 0 fully saturated rings. The van der Waals surface area contributed by atoms with Crippen LogP contribution in [-0.2, 0) is 20.1 Å². The summed E-state index contributed by atoms with van der Waals surface area (Å²) in [6.07, 6.45) is 3.77. The largest absolute Gasteiger partial charge is 0.444 e. The lowest BCUT2D eigenvalue weighted by Gasteiger charge is -2.22. The van der Waals surface area contributed by atoms with Crippen molar-refractivity contribution in [1.29, 1.82) is 0 Å². The van der Waals surface area contributed by atoms with E-state index in [1.54, 1.807) is 6.26 Å². The number of aromatic nitrogens is 3. The lowest BCUT2D eigenvalue weighted by molar-refractivity contribution is 0.473. The monoisotopic (exact) mass is 408 g/mol. The molecule has 0 amide bonds. The number of oxazole rings is 1. The fraction of sp³-hybridized carbons (Fsp3) is 0.435. The van der Waals surface area contributed by atoms with Gasteiger partial charge in [0, 0.05) is 44.5 Å². The second kappa shape index (κ2) is 9.61. The van der Waals surface area contributed by atoms with E-state index in [1.165, 1.54) is 11.1 Å². The fourth-order valence-corrected chi connectivity index (χ4v) is 3.33. The number of nitrogens with one attached hydrogen (secondary N) is 1. The normalized spacial score (nSPS) is 11.9. The van der Waals surface area contributed by atoms with Gasteiger partial charge in [0.25, 0.3) is 0 Å². The molecule has 1 N–H and O–H groups in total. The zero-order valence-corrected chi connectivity index (χ0v) is 18.8. The quantitative estimate of drug-likeness (QED) is 0.471. The summed E-state index contributed by atoms with van der Waals surface area (Å²) < 4.78 is 7.54. The molecule has 7 heteroatoms. The molecule has 0 saturated heterocycles. The minimum Gasteiger partial charge on any atom is -0.444 e. The Morgan fingerprint density at radius 1 is 1.27 bits per heavy atom. The summed E-state index contributed by atoms with van der Waals surface area (Å²) in [4.78, 5) is 11.5. The van der Waals surface area contributed by atoms with E-state index in [0.29, 0.717) is 18.4 Å². The van der Waals surface area contributed by atoms with Gasteiger partial charge >= 0.3 is 0 Å². The van der Waals surface area contributed by atoms with Crippen LogP contribution in [-0.4, -0.2) is 39.2 Å². The van der Waals surface area contributed by atoms with Crippen molar-refractivity contribution >= 4 is 5.96 Å². The van der Waals surface area contributed by atoms with Crippen molar-refractivity contribution in [2.75, 3.05) is 13.6 Å². The van der Waals surface area contributed by atoms with Gasteiger partial charge in [0.2, 0.25) is 5.89 Å². The second-order valence-electron chi connectivity index (χ2n) is 7.90. The van der Waals surface area contributed by atoms with E-state index < -0.39 is 0 Å². The maximum Gasteiger partial charge on any atom is 0.226 e. The first-order valence-electron chi connectivity index (χ1n) is 10.4. The number of aryl methyl sites for hydroxylation is 2. The molecule has 0 aliphatic rings. The van der Waals surface area contributed by atoms with Gasteiger partial charge in [0.05, 0.1) is 12.2 Å². The van der Waals surface area contributed by atoms with Crippen molar-refractivity contribution in [2.45, 2.75) is 46.7 Å². The number of aliphatic imine (C=N–C) groups is 1. The molecule has 0 atom stereocenters. The highest BCUT2D eigenvalue weighted by atomic mass is 16.3. The van der Waals surface area contributed by atoms with Gasteiger partial charge in [0.1, 0.15) is 12.0 Å². The maximum atomic E-state index is 5.66. The molecule has 0 aliphatic carbocycles. The maximum absolute atomic E-state index is 5.66. The van der Waals surface area contributed by atoms with Crippen LogP contribution in [0.5, 0.6) is 0 Å². The molecule has 0 spiro atoms. The van der Waals surface area contributed by atoms with E-state index in [-0.39, 0.29) is 0 Å². The number of benzene rings is 1. The molecule has 30 heavy (non-hydrogen) atoms. The third-order valence-corrected chi connectivity index (χ3v) is 4.83. The summed E-state index contributed by atoms with van der Waals surface area (Å²) in [5.41, 5.74) is 5.32. The van der Waals surface area contributed by atoms with E-state index in [2.05, 4.69) is 66.3 Å². The first-order chi connectivity index (χ1) is 14.4. The number of guanidine groups is 1. The van der Waals surface area contributed by atoms with Crippen LogP contribution in [0, 0.1) is 6.92 Å². The van der Waals surface area contributed by atoms with Crippen molar-refractivity contribution in [3.05, 3.63) is 59.2 Å². The van der Waals surface area contributed by atoms with Crippen molar-refractivity contribution in [1.82, 2.24) is 25.0 Å². The van der Waals surface area contributed by atoms with Gasteiger partial charge in [-0.3, -0.25) is 4.68 Å². The van der Waals surface area contributed by atoms with Crippen LogP contribution in [0.2, 0.25) is 0 Å². The summed E-state index contributed by atoms with van der Waals surface area (Å²) in [6, 6.07) is 8.15. The van der Waals surface area contributed by atoms with E-state index in [4.69, 9.17) is 9.41 Å². The molecule has 3 rings (SSSR count). The van der Waals surface area contributed by atoms with E-state index in [0.717, 1.165) is 36.0 Å². The Balaban J connectivity index is 1.72. The molecular weight excluding hydrogens is 376 g/mol. The zero-order chi connectivity index (χ0) is 21.7. The predicted molar refractivity (Wildman–Crippen MR) is 120 cm³/mol. The number of nitrogens with zero attached hydrogens (tertiary/aromatic N) is 5. The van der Waals surface area contributed by atoms with Crippen LogP contribution in [0.3, 0.4) is 0 Å². The fourth-order valence-electron chi connectivity index (χ4n) is 3.33. The molecule has 0 unspecified atom stereocenters. The van der Waals surface area contributed by atoms with Crippen LogP contribution < -0.4 is 5.32 Å². The number of hydrogen-bond donors (Lipinski definition) is 1. The highest BCUT2D eigenvalue weighted by Gasteiger charge is 2.15. The smallest absolute Gasteiger partial charge is 0.226 e. The van der Waals surface area contributed by atoms with Crippen molar-refractivity contribution in [3.63, 3.8) is 0 Å². The summed E-state index contributed by atoms with van der Waals surface area (Å²) in [5, 5.41) is 7.97. The van der Waals surface area contributed by atoms with Gasteiger partial charge in [0.15, 0.2) is 5.96 Å². The predicted octanol–water partition coefficient (Wildman–Crippen LogP) is 4.10. The lowest BCUT2D eigenvalue weighted by Crippen LogP contribution is -2.38. The first-order valence-corrected chi connectivity index (χ1v) is 10.4. The lowest BCUT2D eigenvalue weighted by atomic mass is 10.1. The summed E-state index contributed by atoms with van der Waals surface area (Å²) in [5.74, 6) is 1.83. The van der Waals surface area contributed by atoms with Gasteiger partial charge in [-0.25, -0.2) is 9.98 Å². The van der Waals surface area contributed by atoms with Gasteiger partial charge in [-0.05, 0) is 31.9 Å². The minimum atomic E-state index is 0.379. The van der Waals surface area contributed by atoms with E-state index in [1.807, 2.05) is 30.9 Å². The molecule has 3 aromatic rings. The third-order valence-electron chi connectivity index (χ3n) is 4.83. The van der Waals surface area contributed by atoms with Crippen LogP contribution in [0.15, 0.2) is 46.1 Å². The number of rotatable bonds is 7. The van der Waals surface area contributed by atoms with Gasteiger partial charge < -0.3 is 14.6 Å². The Morgan fingerprint density at radius 2 is 2.00 bits per heavy atom. The summed E-state index contributed by atoms with van der Waals surface area (Å²) in [7, 11) is 4.00. The molecule has 0 bridgehead atoms. The Kier molecular flexibility index (Phi) is 6.92. The van der Waals surface area contributed by atoms with Crippen LogP contribution in [0.1, 0.15) is 49.2 Å². The SMILES string of the molecule is CCNC(=NCc1coc(-c2ccc(C)cc2)n1)N(C)Cc1cn(C)nc1C(C)C. The van der Waals surface area contributed by atoms with Crippen molar-refractivity contribution in [3.8, 4) is 11.5 Å². The Hall–Kier alpha value is -3.09. The van der Waals surface area contributed by atoms with E-state index >= 15 is 0 Å². The molecular formula is C23H32N6O. The molecule has 0 radical (unpaired) electrons. The second-order valence-corrected chi connectivity index (χ2v) is 7.90. The molecule has 160 valence electrons. The average Bonchev–Trinajstić information content (AvgIpc) is 3.32. The molecule has 2 heterocycles. The van der Waals surface area contributed by atoms with Gasteiger partial charge in [-0.15, -0.1) is 0 Å². The Bertz CT molecular complexity index is 984. The Labute approximate surface area is 178 Å². The molecule has 1 aromatic carbocycles. The first kappa shape index (κ1) is 21.6. The van der Waals surface area contributed by atoms with Gasteiger partial charge in [-0.1, -0.05) is 31.5 Å². The third kappa shape index (κ3) is 5.28. The molecule has 7 nitrogen and oxygen atoms in total. The Morgan fingerprint density at radius 3 is 2.67 bits per heavy atom. The summed E-state index contributed by atoms with van der Waals surface area (Å²) >= 11 is 0. The van der Waals surface area contributed by atoms with Crippen molar-refractivity contribution < 1.29 is 4.42 Å². The molecule has 0 aliphatic heterocycles. The average molecular weight is 409 g/mol. The van der Waals surface area contributed by atoms with Gasteiger partial charge in [-0.2, -0.15) is 5.10 Å². The van der Waals surface area contributed by atoms with E-state index in [9.17, 15) is 0 Å². The van der Waals surface area contributed by atoms with Crippen LogP contribution >= 0.6 is 0 Å². The number of hydrogen-bond acceptors (Lipinski definition) is 4. The topological polar surface area (TPSA) is 71.5 Å². The summed E-state index contributed by atoms with van der Waals surface area (Å²) in [6.45, 7) is 10.4. The standard InChI is InChI=1S/C23H32N6O/c1-7-24-23(28(5)13-19-14-29(6)27-21(19)16(2)3)25-12-20-15-30-22(26-20)18-10-8-17(4)9-11-18/h8-11,14-16H,7,12-13H2,1-6H3,(H,24,25). The molecule has 0 saturated carbocycles. The highest BCUT2D eigenvalue weighted by molar-refractivity contribution is 5.79.